The Balaban J connectivity index is 1.93. The molecule has 2 aromatic heterocycles. The van der Waals surface area contributed by atoms with Gasteiger partial charge >= 0.3 is 0 Å². The van der Waals surface area contributed by atoms with E-state index in [0.717, 1.165) is 23.1 Å². The fourth-order valence-corrected chi connectivity index (χ4v) is 2.85. The molecule has 0 fully saturated rings. The summed E-state index contributed by atoms with van der Waals surface area (Å²) >= 11 is 1.35. The number of aromatic nitrogens is 3. The normalized spacial score (nSPS) is 10.7. The van der Waals surface area contributed by atoms with Crippen LogP contribution in [0.4, 0.5) is 0 Å². The Morgan fingerprint density at radius 3 is 2.67 bits per heavy atom. The minimum absolute atomic E-state index is 0.309. The second-order valence-electron chi connectivity index (χ2n) is 4.29. The molecule has 1 aromatic carbocycles. The van der Waals surface area contributed by atoms with Crippen LogP contribution in [0.2, 0.25) is 0 Å². The van der Waals surface area contributed by atoms with E-state index in [1.165, 1.54) is 11.8 Å². The van der Waals surface area contributed by atoms with Crippen LogP contribution in [0, 0.1) is 0 Å². The van der Waals surface area contributed by atoms with Gasteiger partial charge in [0.25, 0.3) is 0 Å². The number of rotatable bonds is 5. The number of nitrogens with zero attached hydrogens (tertiary/aromatic N) is 3. The molecule has 0 aliphatic rings. The van der Waals surface area contributed by atoms with E-state index in [1.54, 1.807) is 12.1 Å². The number of furan rings is 1. The molecule has 0 spiro atoms. The van der Waals surface area contributed by atoms with Crippen LogP contribution in [0.25, 0.3) is 11.4 Å². The molecule has 21 heavy (non-hydrogen) atoms. The summed E-state index contributed by atoms with van der Waals surface area (Å²) in [7, 11) is 0. The van der Waals surface area contributed by atoms with Gasteiger partial charge < -0.3 is 8.98 Å². The van der Waals surface area contributed by atoms with Crippen LogP contribution >= 0.6 is 11.8 Å². The second kappa shape index (κ2) is 5.97. The summed E-state index contributed by atoms with van der Waals surface area (Å²) in [5.74, 6) is 1.13. The van der Waals surface area contributed by atoms with E-state index in [4.69, 9.17) is 4.42 Å². The number of hydrogen-bond donors (Lipinski definition) is 0. The van der Waals surface area contributed by atoms with Crippen LogP contribution in [0.1, 0.15) is 17.5 Å². The van der Waals surface area contributed by atoms with Gasteiger partial charge in [0.05, 0.1) is 0 Å². The van der Waals surface area contributed by atoms with Gasteiger partial charge in [-0.15, -0.1) is 10.2 Å². The number of hydrogen-bond acceptors (Lipinski definition) is 5. The van der Waals surface area contributed by atoms with Crippen molar-refractivity contribution in [3.8, 4) is 11.4 Å². The molecule has 3 aromatic rings. The van der Waals surface area contributed by atoms with Crippen LogP contribution in [0.15, 0.2) is 57.1 Å². The zero-order valence-corrected chi connectivity index (χ0v) is 12.2. The minimum Gasteiger partial charge on any atom is -0.447 e. The number of carbonyl (C=O) groups is 1. The van der Waals surface area contributed by atoms with E-state index in [1.807, 2.05) is 41.8 Å². The Labute approximate surface area is 126 Å². The fourth-order valence-electron chi connectivity index (χ4n) is 1.99. The average Bonchev–Trinajstić information content (AvgIpc) is 3.15. The molecule has 0 bridgehead atoms. The molecule has 0 unspecified atom stereocenters. The summed E-state index contributed by atoms with van der Waals surface area (Å²) in [6.07, 6.45) is 0.685. The summed E-state index contributed by atoms with van der Waals surface area (Å²) in [4.78, 5) is 10.6. The van der Waals surface area contributed by atoms with E-state index in [9.17, 15) is 4.79 Å². The molecular formula is C15H13N3O2S. The van der Waals surface area contributed by atoms with Gasteiger partial charge in [-0.3, -0.25) is 4.79 Å². The number of aldehydes is 1. The lowest BCUT2D eigenvalue weighted by molar-refractivity contribution is 0.109. The quantitative estimate of drug-likeness (QED) is 0.675. The second-order valence-corrected chi connectivity index (χ2v) is 5.26. The van der Waals surface area contributed by atoms with E-state index in [-0.39, 0.29) is 0 Å². The Hall–Kier alpha value is -2.34. The zero-order chi connectivity index (χ0) is 14.7. The lowest BCUT2D eigenvalue weighted by Gasteiger charge is -2.06. The van der Waals surface area contributed by atoms with Crippen molar-refractivity contribution < 1.29 is 9.21 Å². The summed E-state index contributed by atoms with van der Waals surface area (Å²) < 4.78 is 7.38. The molecule has 0 aliphatic carbocycles. The highest BCUT2D eigenvalue weighted by molar-refractivity contribution is 7.99. The smallest absolute Gasteiger partial charge is 0.199 e. The highest BCUT2D eigenvalue weighted by atomic mass is 32.2. The van der Waals surface area contributed by atoms with Crippen molar-refractivity contribution in [3.63, 3.8) is 0 Å². The third-order valence-electron chi connectivity index (χ3n) is 2.98. The van der Waals surface area contributed by atoms with Gasteiger partial charge in [0, 0.05) is 12.1 Å². The molecule has 0 N–H and O–H groups in total. The Morgan fingerprint density at radius 2 is 2.00 bits per heavy atom. The van der Waals surface area contributed by atoms with Gasteiger partial charge in [-0.05, 0) is 30.8 Å². The summed E-state index contributed by atoms with van der Waals surface area (Å²) in [6, 6.07) is 13.3. The molecule has 6 heteroatoms. The first kappa shape index (κ1) is 13.6. The molecule has 0 saturated carbocycles. The van der Waals surface area contributed by atoms with E-state index < -0.39 is 0 Å². The molecule has 0 amide bonds. The van der Waals surface area contributed by atoms with E-state index >= 15 is 0 Å². The predicted molar refractivity (Wildman–Crippen MR) is 79.4 cm³/mol. The SMILES string of the molecule is CCn1c(Sc2ccc(C=O)o2)nnc1-c1ccccc1. The monoisotopic (exact) mass is 299 g/mol. The van der Waals surface area contributed by atoms with Crippen molar-refractivity contribution in [2.24, 2.45) is 0 Å². The third-order valence-corrected chi connectivity index (χ3v) is 3.88. The van der Waals surface area contributed by atoms with Crippen molar-refractivity contribution in [1.82, 2.24) is 14.8 Å². The lowest BCUT2D eigenvalue weighted by atomic mass is 10.2. The van der Waals surface area contributed by atoms with Crippen molar-refractivity contribution in [3.05, 3.63) is 48.2 Å². The topological polar surface area (TPSA) is 60.9 Å². The summed E-state index contributed by atoms with van der Waals surface area (Å²) in [5, 5.41) is 9.85. The van der Waals surface area contributed by atoms with Crippen molar-refractivity contribution in [2.75, 3.05) is 0 Å². The largest absolute Gasteiger partial charge is 0.447 e. The van der Waals surface area contributed by atoms with Crippen LogP contribution < -0.4 is 0 Å². The van der Waals surface area contributed by atoms with Gasteiger partial charge in [0.1, 0.15) is 0 Å². The summed E-state index contributed by atoms with van der Waals surface area (Å²) in [5.41, 5.74) is 1.02. The number of benzene rings is 1. The molecule has 0 radical (unpaired) electrons. The van der Waals surface area contributed by atoms with Crippen LogP contribution in [0.3, 0.4) is 0 Å². The minimum atomic E-state index is 0.309. The van der Waals surface area contributed by atoms with Crippen LogP contribution in [0.5, 0.6) is 0 Å². The highest BCUT2D eigenvalue weighted by Gasteiger charge is 2.15. The molecule has 0 aliphatic heterocycles. The Bertz CT molecular complexity index is 749. The Morgan fingerprint density at radius 1 is 1.19 bits per heavy atom. The van der Waals surface area contributed by atoms with E-state index in [0.29, 0.717) is 17.1 Å². The van der Waals surface area contributed by atoms with Gasteiger partial charge in [0.2, 0.25) is 0 Å². The molecule has 0 saturated heterocycles. The average molecular weight is 299 g/mol. The molecule has 5 nitrogen and oxygen atoms in total. The zero-order valence-electron chi connectivity index (χ0n) is 11.4. The molecule has 0 atom stereocenters. The van der Waals surface area contributed by atoms with Crippen LogP contribution in [-0.2, 0) is 6.54 Å². The third kappa shape index (κ3) is 2.75. The maximum atomic E-state index is 10.6. The van der Waals surface area contributed by atoms with Crippen molar-refractivity contribution in [1.29, 1.82) is 0 Å². The standard InChI is InChI=1S/C15H13N3O2S/c1-2-18-14(11-6-4-3-5-7-11)16-17-15(18)21-13-9-8-12(10-19)20-13/h3-10H,2H2,1H3. The van der Waals surface area contributed by atoms with E-state index in [2.05, 4.69) is 10.2 Å². The van der Waals surface area contributed by atoms with Gasteiger partial charge in [0.15, 0.2) is 28.1 Å². The molecular weight excluding hydrogens is 286 g/mol. The predicted octanol–water partition coefficient (Wildman–Crippen LogP) is 3.52. The van der Waals surface area contributed by atoms with Crippen LogP contribution in [-0.4, -0.2) is 21.1 Å². The highest BCUT2D eigenvalue weighted by Crippen LogP contribution is 2.30. The summed E-state index contributed by atoms with van der Waals surface area (Å²) in [6.45, 7) is 2.79. The maximum Gasteiger partial charge on any atom is 0.199 e. The molecule has 3 rings (SSSR count). The van der Waals surface area contributed by atoms with Crippen molar-refractivity contribution in [2.45, 2.75) is 23.7 Å². The molecule has 106 valence electrons. The first-order chi connectivity index (χ1) is 10.3. The number of carbonyl (C=O) groups excluding carboxylic acids is 1. The van der Waals surface area contributed by atoms with Gasteiger partial charge in [-0.25, -0.2) is 0 Å². The maximum absolute atomic E-state index is 10.6. The molecule has 2 heterocycles. The lowest BCUT2D eigenvalue weighted by Crippen LogP contribution is -1.99. The van der Waals surface area contributed by atoms with Gasteiger partial charge in [-0.2, -0.15) is 0 Å². The fraction of sp³-hybridized carbons (Fsp3) is 0.133. The first-order valence-corrected chi connectivity index (χ1v) is 7.35. The van der Waals surface area contributed by atoms with Crippen molar-refractivity contribution >= 4 is 18.0 Å². The Kier molecular flexibility index (Phi) is 3.87. The first-order valence-electron chi connectivity index (χ1n) is 6.53. The van der Waals surface area contributed by atoms with Gasteiger partial charge in [-0.1, -0.05) is 30.3 Å².